The lowest BCUT2D eigenvalue weighted by Gasteiger charge is -2.59. The lowest BCUT2D eigenvalue weighted by Crippen LogP contribution is -2.73. The molecule has 0 aromatic heterocycles. The summed E-state index contributed by atoms with van der Waals surface area (Å²) in [6.45, 7) is 5.70. The van der Waals surface area contributed by atoms with Crippen LogP contribution in [0, 0.1) is 28.5 Å². The molecular weight excluding hydrogens is 462 g/mol. The van der Waals surface area contributed by atoms with Gasteiger partial charge in [0, 0.05) is 6.54 Å². The summed E-state index contributed by atoms with van der Waals surface area (Å²) < 4.78 is 53.6. The maximum Gasteiger partial charge on any atom is 0.416 e. The number of hydrogen-bond acceptors (Lipinski definition) is 3. The molecule has 0 atom stereocenters. The highest BCUT2D eigenvalue weighted by Crippen LogP contribution is 2.53. The Labute approximate surface area is 200 Å². The van der Waals surface area contributed by atoms with Crippen LogP contribution in [0.15, 0.2) is 42.5 Å². The minimum Gasteiger partial charge on any atom is -0.322 e. The van der Waals surface area contributed by atoms with Crippen molar-refractivity contribution in [1.29, 1.82) is 5.26 Å². The molecule has 1 aliphatic heterocycles. The second-order valence-corrected chi connectivity index (χ2v) is 10.3. The third-order valence-corrected chi connectivity index (χ3v) is 7.14. The fourth-order valence-electron chi connectivity index (χ4n) is 4.87. The SMILES string of the molecule is CC(C)(C)C1CC2(C1)C(=O)N(c1ccc(C#N)cc1F)CC(=O)N2Cc1ccc(C(F)(F)F)cc1. The predicted octanol–water partition coefficient (Wildman–Crippen LogP) is 5.29. The van der Waals surface area contributed by atoms with Crippen LogP contribution < -0.4 is 4.90 Å². The van der Waals surface area contributed by atoms with Gasteiger partial charge in [-0.2, -0.15) is 18.4 Å². The van der Waals surface area contributed by atoms with Gasteiger partial charge in [-0.15, -0.1) is 0 Å². The van der Waals surface area contributed by atoms with Gasteiger partial charge < -0.3 is 4.90 Å². The Bertz CT molecular complexity index is 1200. The number of halogens is 4. The average molecular weight is 487 g/mol. The lowest BCUT2D eigenvalue weighted by molar-refractivity contribution is -0.166. The van der Waals surface area contributed by atoms with Gasteiger partial charge >= 0.3 is 6.18 Å². The summed E-state index contributed by atoms with van der Waals surface area (Å²) in [5, 5.41) is 9.01. The van der Waals surface area contributed by atoms with Crippen molar-refractivity contribution < 1.29 is 27.2 Å². The van der Waals surface area contributed by atoms with E-state index >= 15 is 0 Å². The fourth-order valence-corrected chi connectivity index (χ4v) is 4.87. The third kappa shape index (κ3) is 4.38. The Hall–Kier alpha value is -3.41. The first-order valence-electron chi connectivity index (χ1n) is 11.2. The van der Waals surface area contributed by atoms with Gasteiger partial charge in [0.15, 0.2) is 0 Å². The molecule has 1 saturated carbocycles. The van der Waals surface area contributed by atoms with Crippen LogP contribution in [-0.2, 0) is 22.3 Å². The van der Waals surface area contributed by atoms with Crippen molar-refractivity contribution >= 4 is 17.5 Å². The molecule has 35 heavy (non-hydrogen) atoms. The Morgan fingerprint density at radius 2 is 1.69 bits per heavy atom. The van der Waals surface area contributed by atoms with Gasteiger partial charge in [-0.1, -0.05) is 32.9 Å². The van der Waals surface area contributed by atoms with E-state index in [2.05, 4.69) is 0 Å². The molecular formula is C26H25F4N3O2. The number of hydrogen-bond donors (Lipinski definition) is 0. The van der Waals surface area contributed by atoms with Gasteiger partial charge in [0.1, 0.15) is 17.9 Å². The molecule has 1 aliphatic carbocycles. The monoisotopic (exact) mass is 487 g/mol. The van der Waals surface area contributed by atoms with E-state index < -0.39 is 41.5 Å². The Balaban J connectivity index is 1.68. The van der Waals surface area contributed by atoms with E-state index in [1.54, 1.807) is 0 Å². The normalized spacial score (nSPS) is 22.9. The van der Waals surface area contributed by atoms with Gasteiger partial charge in [0.05, 0.1) is 22.9 Å². The molecule has 0 bridgehead atoms. The van der Waals surface area contributed by atoms with Gasteiger partial charge in [-0.3, -0.25) is 14.5 Å². The molecule has 0 unspecified atom stereocenters. The van der Waals surface area contributed by atoms with E-state index in [0.29, 0.717) is 18.4 Å². The number of carbonyl (C=O) groups excluding carboxylic acids is 2. The number of piperazine rings is 1. The van der Waals surface area contributed by atoms with Crippen molar-refractivity contribution in [3.05, 3.63) is 65.0 Å². The van der Waals surface area contributed by atoms with Crippen LogP contribution in [0.1, 0.15) is 50.3 Å². The molecule has 1 heterocycles. The van der Waals surface area contributed by atoms with E-state index in [9.17, 15) is 27.2 Å². The molecule has 2 aliphatic rings. The highest BCUT2D eigenvalue weighted by atomic mass is 19.4. The van der Waals surface area contributed by atoms with Crippen LogP contribution in [0.5, 0.6) is 0 Å². The number of nitriles is 1. The number of anilines is 1. The zero-order valence-corrected chi connectivity index (χ0v) is 19.6. The smallest absolute Gasteiger partial charge is 0.322 e. The number of alkyl halides is 3. The van der Waals surface area contributed by atoms with Gasteiger partial charge in [-0.25, -0.2) is 4.39 Å². The first-order valence-corrected chi connectivity index (χ1v) is 11.2. The van der Waals surface area contributed by atoms with Crippen molar-refractivity contribution in [3.63, 3.8) is 0 Å². The number of rotatable bonds is 3. The standard InChI is InChI=1S/C26H25F4N3O2/c1-24(2,3)19-11-25(12-19)23(35)32(21-9-6-17(13-31)10-20(21)27)15-22(34)33(25)14-16-4-7-18(8-5-16)26(28,29)30/h4-10,19H,11-12,14-15H2,1-3H3. The van der Waals surface area contributed by atoms with Gasteiger partial charge in [0.2, 0.25) is 5.91 Å². The molecule has 4 rings (SSSR count). The molecule has 2 fully saturated rings. The van der Waals surface area contributed by atoms with E-state index in [1.807, 2.05) is 26.8 Å². The first-order chi connectivity index (χ1) is 16.3. The van der Waals surface area contributed by atoms with Crippen LogP contribution >= 0.6 is 0 Å². The number of benzene rings is 2. The van der Waals surface area contributed by atoms with Crippen LogP contribution in [0.2, 0.25) is 0 Å². The van der Waals surface area contributed by atoms with Crippen molar-refractivity contribution in [2.24, 2.45) is 11.3 Å². The zero-order chi connectivity index (χ0) is 25.8. The van der Waals surface area contributed by atoms with Crippen molar-refractivity contribution in [2.45, 2.75) is 51.9 Å². The van der Waals surface area contributed by atoms with Crippen LogP contribution in [0.25, 0.3) is 0 Å². The molecule has 2 aromatic carbocycles. The second-order valence-electron chi connectivity index (χ2n) is 10.3. The number of nitrogens with zero attached hydrogens (tertiary/aromatic N) is 3. The maximum absolute atomic E-state index is 14.8. The zero-order valence-electron chi connectivity index (χ0n) is 19.6. The summed E-state index contributed by atoms with van der Waals surface area (Å²) in [6.07, 6.45) is -3.73. The average Bonchev–Trinajstić information content (AvgIpc) is 2.74. The van der Waals surface area contributed by atoms with E-state index in [4.69, 9.17) is 5.26 Å². The molecule has 2 aromatic rings. The molecule has 1 spiro atoms. The molecule has 0 radical (unpaired) electrons. The molecule has 184 valence electrons. The number of amides is 2. The maximum atomic E-state index is 14.8. The first kappa shape index (κ1) is 24.7. The fraction of sp³-hybridized carbons (Fsp3) is 0.423. The Morgan fingerprint density at radius 1 is 1.06 bits per heavy atom. The minimum atomic E-state index is -4.48. The largest absolute Gasteiger partial charge is 0.416 e. The molecule has 1 saturated heterocycles. The van der Waals surface area contributed by atoms with Gasteiger partial charge in [0.25, 0.3) is 5.91 Å². The summed E-state index contributed by atoms with van der Waals surface area (Å²) in [5.74, 6) is -1.49. The Morgan fingerprint density at radius 3 is 2.20 bits per heavy atom. The van der Waals surface area contributed by atoms with E-state index in [-0.39, 0.29) is 29.1 Å². The topological polar surface area (TPSA) is 64.4 Å². The molecule has 0 N–H and O–H groups in total. The van der Waals surface area contributed by atoms with E-state index in [0.717, 1.165) is 23.1 Å². The minimum absolute atomic E-state index is 0.0245. The highest BCUT2D eigenvalue weighted by molar-refractivity contribution is 6.09. The summed E-state index contributed by atoms with van der Waals surface area (Å²) >= 11 is 0. The summed E-state index contributed by atoms with van der Waals surface area (Å²) in [4.78, 5) is 29.7. The van der Waals surface area contributed by atoms with Crippen LogP contribution in [-0.4, -0.2) is 28.8 Å². The highest BCUT2D eigenvalue weighted by Gasteiger charge is 2.61. The summed E-state index contributed by atoms with van der Waals surface area (Å²) in [7, 11) is 0. The molecule has 5 nitrogen and oxygen atoms in total. The van der Waals surface area contributed by atoms with Crippen LogP contribution in [0.3, 0.4) is 0 Å². The quantitative estimate of drug-likeness (QED) is 0.553. The Kier molecular flexibility index (Phi) is 5.90. The number of carbonyl (C=O) groups is 2. The van der Waals surface area contributed by atoms with E-state index in [1.165, 1.54) is 29.2 Å². The third-order valence-electron chi connectivity index (χ3n) is 7.14. The summed E-state index contributed by atoms with van der Waals surface area (Å²) in [6, 6.07) is 10.1. The van der Waals surface area contributed by atoms with Crippen molar-refractivity contribution in [1.82, 2.24) is 4.90 Å². The lowest BCUT2D eigenvalue weighted by atomic mass is 9.57. The molecule has 2 amide bonds. The van der Waals surface area contributed by atoms with Crippen LogP contribution in [0.4, 0.5) is 23.2 Å². The summed E-state index contributed by atoms with van der Waals surface area (Å²) in [5.41, 5.74) is -1.65. The second kappa shape index (κ2) is 8.36. The molecule has 9 heteroatoms. The van der Waals surface area contributed by atoms with Gasteiger partial charge in [-0.05, 0) is 60.1 Å². The van der Waals surface area contributed by atoms with Crippen molar-refractivity contribution in [3.8, 4) is 6.07 Å². The predicted molar refractivity (Wildman–Crippen MR) is 120 cm³/mol. The van der Waals surface area contributed by atoms with Crippen molar-refractivity contribution in [2.75, 3.05) is 11.4 Å².